The molecule has 1 amide bonds. The van der Waals surface area contributed by atoms with Crippen LogP contribution in [0.3, 0.4) is 0 Å². The molecule has 1 aromatic carbocycles. The summed E-state index contributed by atoms with van der Waals surface area (Å²) in [6.07, 6.45) is 1.91. The van der Waals surface area contributed by atoms with Gasteiger partial charge in [-0.3, -0.25) is 9.48 Å². The molecule has 2 aromatic heterocycles. The van der Waals surface area contributed by atoms with E-state index in [1.807, 2.05) is 40.5 Å². The summed E-state index contributed by atoms with van der Waals surface area (Å²) in [5, 5.41) is 11.4. The van der Waals surface area contributed by atoms with Crippen LogP contribution in [-0.4, -0.2) is 35.9 Å². The van der Waals surface area contributed by atoms with Gasteiger partial charge in [-0.15, -0.1) is 0 Å². The van der Waals surface area contributed by atoms with Crippen LogP contribution in [0.1, 0.15) is 0 Å². The Bertz CT molecular complexity index is 815. The van der Waals surface area contributed by atoms with Gasteiger partial charge in [-0.2, -0.15) is 16.4 Å². The van der Waals surface area contributed by atoms with E-state index in [0.29, 0.717) is 24.6 Å². The van der Waals surface area contributed by atoms with Crippen molar-refractivity contribution in [3.63, 3.8) is 0 Å². The minimum Gasteiger partial charge on any atom is -0.497 e. The highest BCUT2D eigenvalue weighted by molar-refractivity contribution is 7.08. The van der Waals surface area contributed by atoms with E-state index in [4.69, 9.17) is 9.47 Å². The van der Waals surface area contributed by atoms with E-state index in [-0.39, 0.29) is 12.5 Å². The Balaban J connectivity index is 1.40. The van der Waals surface area contributed by atoms with Gasteiger partial charge in [0.25, 0.3) is 5.91 Å². The largest absolute Gasteiger partial charge is 0.497 e. The highest BCUT2D eigenvalue weighted by Gasteiger charge is 2.05. The topological polar surface area (TPSA) is 65.4 Å². The molecule has 0 saturated carbocycles. The summed E-state index contributed by atoms with van der Waals surface area (Å²) < 4.78 is 12.4. The van der Waals surface area contributed by atoms with E-state index in [1.165, 1.54) is 0 Å². The molecule has 0 unspecified atom stereocenters. The summed E-state index contributed by atoms with van der Waals surface area (Å²) in [5.41, 5.74) is 2.05. The van der Waals surface area contributed by atoms with E-state index in [9.17, 15) is 4.79 Å². The summed E-state index contributed by atoms with van der Waals surface area (Å²) in [5.74, 6) is 1.12. The quantitative estimate of drug-likeness (QED) is 0.673. The predicted molar refractivity (Wildman–Crippen MR) is 97.0 cm³/mol. The fourth-order valence-corrected chi connectivity index (χ4v) is 2.90. The van der Waals surface area contributed by atoms with Crippen LogP contribution in [0.2, 0.25) is 0 Å². The van der Waals surface area contributed by atoms with Gasteiger partial charge in [-0.05, 0) is 29.6 Å². The second-order valence-electron chi connectivity index (χ2n) is 5.29. The Labute approximate surface area is 150 Å². The van der Waals surface area contributed by atoms with Gasteiger partial charge in [-0.1, -0.05) is 6.07 Å². The van der Waals surface area contributed by atoms with Crippen LogP contribution in [0.25, 0.3) is 11.3 Å². The number of ether oxygens (including phenoxy) is 2. The van der Waals surface area contributed by atoms with Gasteiger partial charge in [0.1, 0.15) is 11.5 Å². The first-order valence-electron chi connectivity index (χ1n) is 7.84. The molecule has 6 nitrogen and oxygen atoms in total. The molecule has 0 atom stereocenters. The summed E-state index contributed by atoms with van der Waals surface area (Å²) in [6.45, 7) is 1.06. The van der Waals surface area contributed by atoms with E-state index in [0.717, 1.165) is 11.3 Å². The summed E-state index contributed by atoms with van der Waals surface area (Å²) in [6, 6.07) is 11.2. The lowest BCUT2D eigenvalue weighted by molar-refractivity contribution is -0.123. The third-order valence-electron chi connectivity index (χ3n) is 3.53. The third kappa shape index (κ3) is 4.84. The standard InChI is InChI=1S/C18H19N3O3S/c1-23-15-3-2-4-16(11-15)24-12-18(22)19-7-9-21-8-5-17(20-21)14-6-10-25-13-14/h2-6,8,10-11,13H,7,9,12H2,1H3,(H,19,22). The number of benzene rings is 1. The Morgan fingerprint density at radius 3 is 2.96 bits per heavy atom. The fraction of sp³-hybridized carbons (Fsp3) is 0.222. The first-order valence-corrected chi connectivity index (χ1v) is 8.78. The maximum Gasteiger partial charge on any atom is 0.258 e. The SMILES string of the molecule is COc1cccc(OCC(=O)NCCn2ccc(-c3ccsc3)n2)c1. The molecule has 0 saturated heterocycles. The molecule has 7 heteroatoms. The van der Waals surface area contributed by atoms with Gasteiger partial charge in [-0.25, -0.2) is 0 Å². The van der Waals surface area contributed by atoms with Crippen LogP contribution < -0.4 is 14.8 Å². The molecule has 1 N–H and O–H groups in total. The van der Waals surface area contributed by atoms with Crippen molar-refractivity contribution >= 4 is 17.2 Å². The van der Waals surface area contributed by atoms with Crippen LogP contribution in [0.4, 0.5) is 0 Å². The average Bonchev–Trinajstić information content (AvgIpc) is 3.31. The Morgan fingerprint density at radius 1 is 1.28 bits per heavy atom. The normalized spacial score (nSPS) is 10.4. The first-order chi connectivity index (χ1) is 12.2. The number of carbonyl (C=O) groups is 1. The highest BCUT2D eigenvalue weighted by Crippen LogP contribution is 2.20. The van der Waals surface area contributed by atoms with Crippen molar-refractivity contribution in [3.05, 3.63) is 53.4 Å². The molecule has 130 valence electrons. The molecular weight excluding hydrogens is 338 g/mol. The smallest absolute Gasteiger partial charge is 0.258 e. The molecule has 3 rings (SSSR count). The van der Waals surface area contributed by atoms with Crippen molar-refractivity contribution in [2.45, 2.75) is 6.54 Å². The molecule has 0 bridgehead atoms. The predicted octanol–water partition coefficient (Wildman–Crippen LogP) is 2.82. The van der Waals surface area contributed by atoms with Crippen molar-refractivity contribution in [2.24, 2.45) is 0 Å². The molecule has 0 aliphatic carbocycles. The first kappa shape index (κ1) is 17.0. The van der Waals surface area contributed by atoms with Gasteiger partial charge in [0.05, 0.1) is 19.3 Å². The number of hydrogen-bond donors (Lipinski definition) is 1. The lowest BCUT2D eigenvalue weighted by atomic mass is 10.2. The van der Waals surface area contributed by atoms with Crippen molar-refractivity contribution in [3.8, 4) is 22.8 Å². The zero-order chi connectivity index (χ0) is 17.5. The molecule has 0 radical (unpaired) electrons. The molecular formula is C18H19N3O3S. The van der Waals surface area contributed by atoms with Crippen LogP contribution in [0, 0.1) is 0 Å². The van der Waals surface area contributed by atoms with Gasteiger partial charge >= 0.3 is 0 Å². The fourth-order valence-electron chi connectivity index (χ4n) is 2.25. The lowest BCUT2D eigenvalue weighted by Gasteiger charge is -2.08. The number of nitrogens with zero attached hydrogens (tertiary/aromatic N) is 2. The molecule has 0 spiro atoms. The summed E-state index contributed by atoms with van der Waals surface area (Å²) in [4.78, 5) is 11.9. The van der Waals surface area contributed by atoms with E-state index in [1.54, 1.807) is 30.6 Å². The maximum atomic E-state index is 11.9. The summed E-state index contributed by atoms with van der Waals surface area (Å²) in [7, 11) is 1.59. The van der Waals surface area contributed by atoms with Crippen molar-refractivity contribution in [1.82, 2.24) is 15.1 Å². The van der Waals surface area contributed by atoms with Crippen LogP contribution >= 0.6 is 11.3 Å². The van der Waals surface area contributed by atoms with E-state index < -0.39 is 0 Å². The number of methoxy groups -OCH3 is 1. The highest BCUT2D eigenvalue weighted by atomic mass is 32.1. The second kappa shape index (κ2) is 8.34. The average molecular weight is 357 g/mol. The monoisotopic (exact) mass is 357 g/mol. The molecule has 0 fully saturated rings. The number of rotatable bonds is 8. The van der Waals surface area contributed by atoms with E-state index in [2.05, 4.69) is 15.8 Å². The van der Waals surface area contributed by atoms with Crippen LogP contribution in [0.15, 0.2) is 53.4 Å². The minimum atomic E-state index is -0.173. The van der Waals surface area contributed by atoms with Crippen molar-refractivity contribution in [2.75, 3.05) is 20.3 Å². The molecule has 3 aromatic rings. The Morgan fingerprint density at radius 2 is 2.16 bits per heavy atom. The van der Waals surface area contributed by atoms with Crippen molar-refractivity contribution in [1.29, 1.82) is 0 Å². The number of carbonyl (C=O) groups excluding carboxylic acids is 1. The Kier molecular flexibility index (Phi) is 5.69. The minimum absolute atomic E-state index is 0.0353. The molecule has 0 aliphatic heterocycles. The number of nitrogens with one attached hydrogen (secondary N) is 1. The number of thiophene rings is 1. The molecule has 0 aliphatic rings. The van der Waals surface area contributed by atoms with Crippen LogP contribution in [0.5, 0.6) is 11.5 Å². The number of hydrogen-bond acceptors (Lipinski definition) is 5. The lowest BCUT2D eigenvalue weighted by Crippen LogP contribution is -2.31. The second-order valence-corrected chi connectivity index (χ2v) is 6.07. The Hall–Kier alpha value is -2.80. The van der Waals surface area contributed by atoms with Gasteiger partial charge < -0.3 is 14.8 Å². The molecule has 2 heterocycles. The maximum absolute atomic E-state index is 11.9. The van der Waals surface area contributed by atoms with Gasteiger partial charge in [0, 0.05) is 29.8 Å². The zero-order valence-corrected chi connectivity index (χ0v) is 14.7. The zero-order valence-electron chi connectivity index (χ0n) is 13.8. The summed E-state index contributed by atoms with van der Waals surface area (Å²) >= 11 is 1.64. The number of amides is 1. The van der Waals surface area contributed by atoms with E-state index >= 15 is 0 Å². The third-order valence-corrected chi connectivity index (χ3v) is 4.22. The number of aromatic nitrogens is 2. The van der Waals surface area contributed by atoms with Gasteiger partial charge in [0.15, 0.2) is 6.61 Å². The van der Waals surface area contributed by atoms with Gasteiger partial charge in [0.2, 0.25) is 0 Å². The molecule has 25 heavy (non-hydrogen) atoms. The van der Waals surface area contributed by atoms with Crippen molar-refractivity contribution < 1.29 is 14.3 Å². The van der Waals surface area contributed by atoms with Crippen LogP contribution in [-0.2, 0) is 11.3 Å².